The van der Waals surface area contributed by atoms with Crippen LogP contribution in [0.15, 0.2) is 89.8 Å². The first-order valence-corrected chi connectivity index (χ1v) is 19.9. The summed E-state index contributed by atoms with van der Waals surface area (Å²) in [6.07, 6.45) is 6.70. The Balaban J connectivity index is 0.825. The molecule has 0 spiro atoms. The molecule has 1 atom stereocenters. The van der Waals surface area contributed by atoms with Crippen LogP contribution in [0.5, 0.6) is 5.75 Å². The van der Waals surface area contributed by atoms with Gasteiger partial charge < -0.3 is 14.6 Å². The Morgan fingerprint density at radius 1 is 0.931 bits per heavy atom. The molecular formula is C45H48N8O5. The number of nitrogens with one attached hydrogen (secondary N) is 2. The first kappa shape index (κ1) is 38.7. The molecule has 3 aromatic carbocycles. The standard InChI is InChI=1S/C45H48N8O5/c1-28-23-33(9-10-34(28)25-46-43(56)41-50-44(58-51-41)45(2,3)4)40-38-24-35(26-53(38)48-27-47-40)30-11-13-36(14-12-30)57-22-21-52-19-17-31(18-20-52)29-5-7-32(8-6-29)37-15-16-39(54)49-42(37)55/h5-14,23-24,26-27,31,37H,15-22,25H2,1-4H3,(H,46,56)(H,49,54,55). The van der Waals surface area contributed by atoms with E-state index in [-0.39, 0.29) is 34.9 Å². The van der Waals surface area contributed by atoms with Crippen LogP contribution in [0.3, 0.4) is 0 Å². The molecule has 2 aliphatic rings. The molecule has 5 heterocycles. The molecule has 3 aromatic heterocycles. The van der Waals surface area contributed by atoms with Gasteiger partial charge in [0.15, 0.2) is 0 Å². The number of nitrogens with zero attached hydrogens (tertiary/aromatic N) is 6. The van der Waals surface area contributed by atoms with Crippen LogP contribution in [0.1, 0.15) is 97.1 Å². The summed E-state index contributed by atoms with van der Waals surface area (Å²) in [4.78, 5) is 47.9. The average molecular weight is 781 g/mol. The predicted octanol–water partition coefficient (Wildman–Crippen LogP) is 6.76. The molecule has 13 heteroatoms. The molecule has 2 N–H and O–H groups in total. The van der Waals surface area contributed by atoms with Gasteiger partial charge in [0, 0.05) is 42.2 Å². The highest BCUT2D eigenvalue weighted by Crippen LogP contribution is 2.32. The average Bonchev–Trinajstić information content (AvgIpc) is 3.90. The van der Waals surface area contributed by atoms with Crippen molar-refractivity contribution in [3.8, 4) is 28.1 Å². The summed E-state index contributed by atoms with van der Waals surface area (Å²) in [5.74, 6) is 0.764. The normalized spacial score (nSPS) is 16.7. The van der Waals surface area contributed by atoms with Gasteiger partial charge in [-0.3, -0.25) is 24.6 Å². The second-order valence-electron chi connectivity index (χ2n) is 16.3. The van der Waals surface area contributed by atoms with Crippen molar-refractivity contribution < 1.29 is 23.6 Å². The third kappa shape index (κ3) is 8.54. The van der Waals surface area contributed by atoms with Gasteiger partial charge in [-0.2, -0.15) is 10.1 Å². The highest BCUT2D eigenvalue weighted by Gasteiger charge is 2.29. The number of imide groups is 1. The van der Waals surface area contributed by atoms with Crippen molar-refractivity contribution in [2.24, 2.45) is 0 Å². The van der Waals surface area contributed by atoms with E-state index >= 15 is 0 Å². The smallest absolute Gasteiger partial charge is 0.292 e. The largest absolute Gasteiger partial charge is 0.492 e. The fourth-order valence-corrected chi connectivity index (χ4v) is 7.76. The van der Waals surface area contributed by atoms with Crippen LogP contribution >= 0.6 is 0 Å². The third-order valence-electron chi connectivity index (χ3n) is 11.2. The highest BCUT2D eigenvalue weighted by atomic mass is 16.5. The summed E-state index contributed by atoms with van der Waals surface area (Å²) in [6, 6.07) is 24.8. The van der Waals surface area contributed by atoms with Crippen LogP contribution in [0.4, 0.5) is 0 Å². The lowest BCUT2D eigenvalue weighted by atomic mass is 9.86. The zero-order valence-electron chi connectivity index (χ0n) is 33.3. The number of ether oxygens (including phenoxy) is 1. The van der Waals surface area contributed by atoms with E-state index in [1.807, 2.05) is 62.7 Å². The van der Waals surface area contributed by atoms with Crippen molar-refractivity contribution in [3.63, 3.8) is 0 Å². The van der Waals surface area contributed by atoms with Crippen LogP contribution in [0.25, 0.3) is 27.9 Å². The highest BCUT2D eigenvalue weighted by molar-refractivity contribution is 6.01. The maximum absolute atomic E-state index is 12.7. The number of aromatic nitrogens is 5. The number of carbonyl (C=O) groups excluding carboxylic acids is 3. The van der Waals surface area contributed by atoms with E-state index in [0.29, 0.717) is 37.8 Å². The molecule has 2 aliphatic heterocycles. The topological polar surface area (TPSA) is 157 Å². The molecule has 0 saturated carbocycles. The number of hydrogen-bond donors (Lipinski definition) is 2. The zero-order chi connectivity index (χ0) is 40.4. The number of carbonyl (C=O) groups is 3. The van der Waals surface area contributed by atoms with Crippen LogP contribution < -0.4 is 15.4 Å². The van der Waals surface area contributed by atoms with Gasteiger partial charge in [-0.25, -0.2) is 9.50 Å². The van der Waals surface area contributed by atoms with E-state index < -0.39 is 0 Å². The van der Waals surface area contributed by atoms with E-state index in [9.17, 15) is 14.4 Å². The fraction of sp³-hybridized carbons (Fsp3) is 0.356. The number of aryl methyl sites for hydroxylation is 1. The Hall–Kier alpha value is -6.21. The van der Waals surface area contributed by atoms with Crippen molar-refractivity contribution in [1.29, 1.82) is 0 Å². The number of benzene rings is 3. The minimum absolute atomic E-state index is 0.0209. The number of likely N-dealkylation sites (tertiary alicyclic amines) is 1. The van der Waals surface area contributed by atoms with E-state index in [0.717, 1.165) is 82.8 Å². The van der Waals surface area contributed by atoms with E-state index in [1.165, 1.54) is 5.56 Å². The Bertz CT molecular complexity index is 2440. The summed E-state index contributed by atoms with van der Waals surface area (Å²) < 4.78 is 13.3. The Labute approximate surface area is 337 Å². The first-order valence-electron chi connectivity index (χ1n) is 19.9. The van der Waals surface area contributed by atoms with Gasteiger partial charge >= 0.3 is 0 Å². The molecule has 58 heavy (non-hydrogen) atoms. The number of piperidine rings is 2. The van der Waals surface area contributed by atoms with Gasteiger partial charge in [0.1, 0.15) is 18.7 Å². The lowest BCUT2D eigenvalue weighted by molar-refractivity contribution is -0.134. The molecule has 0 bridgehead atoms. The van der Waals surface area contributed by atoms with Crippen molar-refractivity contribution >= 4 is 23.2 Å². The summed E-state index contributed by atoms with van der Waals surface area (Å²) >= 11 is 0. The predicted molar refractivity (Wildman–Crippen MR) is 218 cm³/mol. The Kier molecular flexibility index (Phi) is 10.9. The molecule has 8 rings (SSSR count). The summed E-state index contributed by atoms with van der Waals surface area (Å²) in [7, 11) is 0. The molecule has 13 nitrogen and oxygen atoms in total. The molecule has 2 fully saturated rings. The van der Waals surface area contributed by atoms with Gasteiger partial charge in [0.05, 0.1) is 17.1 Å². The monoisotopic (exact) mass is 780 g/mol. The van der Waals surface area contributed by atoms with Gasteiger partial charge in [-0.05, 0) is 97.3 Å². The second kappa shape index (κ2) is 16.3. The van der Waals surface area contributed by atoms with Gasteiger partial charge in [-0.1, -0.05) is 74.5 Å². The zero-order valence-corrected chi connectivity index (χ0v) is 33.3. The quantitative estimate of drug-likeness (QED) is 0.135. The molecule has 3 amide bonds. The molecule has 0 radical (unpaired) electrons. The van der Waals surface area contributed by atoms with Crippen LogP contribution in [-0.2, 0) is 21.5 Å². The molecule has 6 aromatic rings. The first-order chi connectivity index (χ1) is 28.0. The minimum Gasteiger partial charge on any atom is -0.492 e. The lowest BCUT2D eigenvalue weighted by Crippen LogP contribution is -2.39. The van der Waals surface area contributed by atoms with Gasteiger partial charge in [0.2, 0.25) is 17.7 Å². The van der Waals surface area contributed by atoms with Crippen molar-refractivity contribution in [3.05, 3.63) is 119 Å². The lowest BCUT2D eigenvalue weighted by Gasteiger charge is -2.32. The second-order valence-corrected chi connectivity index (χ2v) is 16.3. The number of hydrogen-bond acceptors (Lipinski definition) is 10. The molecular weight excluding hydrogens is 733 g/mol. The SMILES string of the molecule is Cc1cc(-c2ncnn3cc(-c4ccc(OCCN5CCC(c6ccc(C7CCC(=O)NC7=O)cc6)CC5)cc4)cc23)ccc1CNC(=O)c1noc(C(C)(C)C)n1. The molecule has 298 valence electrons. The van der Waals surface area contributed by atoms with Crippen molar-refractivity contribution in [1.82, 2.24) is 40.3 Å². The Morgan fingerprint density at radius 2 is 1.67 bits per heavy atom. The minimum atomic E-state index is -0.386. The molecule has 1 unspecified atom stereocenters. The van der Waals surface area contributed by atoms with Gasteiger partial charge in [-0.15, -0.1) is 0 Å². The Morgan fingerprint density at radius 3 is 2.38 bits per heavy atom. The number of amides is 3. The maximum atomic E-state index is 12.7. The van der Waals surface area contributed by atoms with Crippen LogP contribution in [0, 0.1) is 6.92 Å². The summed E-state index contributed by atoms with van der Waals surface area (Å²) in [5.41, 5.74) is 8.66. The van der Waals surface area contributed by atoms with Gasteiger partial charge in [0.25, 0.3) is 11.7 Å². The third-order valence-corrected chi connectivity index (χ3v) is 11.2. The molecule has 0 aliphatic carbocycles. The van der Waals surface area contributed by atoms with E-state index in [2.05, 4.69) is 84.3 Å². The summed E-state index contributed by atoms with van der Waals surface area (Å²) in [6.45, 7) is 11.7. The fourth-order valence-electron chi connectivity index (χ4n) is 7.76. The summed E-state index contributed by atoms with van der Waals surface area (Å²) in [5, 5.41) is 13.7. The molecule has 2 saturated heterocycles. The van der Waals surface area contributed by atoms with Crippen molar-refractivity contribution in [2.45, 2.75) is 77.2 Å². The van der Waals surface area contributed by atoms with Crippen molar-refractivity contribution in [2.75, 3.05) is 26.2 Å². The van der Waals surface area contributed by atoms with Crippen LogP contribution in [0.2, 0.25) is 0 Å². The number of fused-ring (bicyclic) bond motifs is 1. The van der Waals surface area contributed by atoms with E-state index in [4.69, 9.17) is 9.26 Å². The number of rotatable bonds is 11. The maximum Gasteiger partial charge on any atom is 0.292 e. The van der Waals surface area contributed by atoms with E-state index in [1.54, 1.807) is 6.33 Å². The van der Waals surface area contributed by atoms with Crippen LogP contribution in [-0.4, -0.2) is 73.6 Å².